The van der Waals surface area contributed by atoms with Crippen molar-refractivity contribution < 1.29 is 14.3 Å². The minimum Gasteiger partial charge on any atom is -0.484 e. The minimum absolute atomic E-state index is 0.183. The van der Waals surface area contributed by atoms with Crippen molar-refractivity contribution in [3.8, 4) is 11.6 Å². The van der Waals surface area contributed by atoms with Gasteiger partial charge in [-0.25, -0.2) is 4.98 Å². The van der Waals surface area contributed by atoms with Crippen LogP contribution in [0.1, 0.15) is 17.2 Å². The van der Waals surface area contributed by atoms with Gasteiger partial charge in [-0.05, 0) is 23.3 Å². The number of nitrogens with one attached hydrogen (secondary N) is 3. The Hall–Kier alpha value is -3.46. The van der Waals surface area contributed by atoms with Crippen LogP contribution in [0.2, 0.25) is 0 Å². The lowest BCUT2D eigenvalue weighted by atomic mass is 10.1. The third kappa shape index (κ3) is 4.11. The fraction of sp³-hybridized carbons (Fsp3) is 0.333. The standard InChI is InChI=1S/C21H24N6O3/c1-24-20(28)19(23)27-10-9-26(12-18(27)22)11-14-4-6-15(7-5-14)17-13-29-16-3-2-8-25-21(16)30-17/h2-8,17,22-23H,9-13H2,1H3,(H,24,28)/t17-/m1/s1. The predicted octanol–water partition coefficient (Wildman–Crippen LogP) is 1.41. The summed E-state index contributed by atoms with van der Waals surface area (Å²) < 4.78 is 11.7. The van der Waals surface area contributed by atoms with E-state index in [4.69, 9.17) is 20.3 Å². The third-order valence-corrected chi connectivity index (χ3v) is 5.19. The van der Waals surface area contributed by atoms with E-state index in [1.54, 1.807) is 6.20 Å². The number of hydrogen-bond acceptors (Lipinski definition) is 7. The SMILES string of the molecule is CNC(=O)C(=N)N1CCN(Cc2ccc([C@H]3COc4cccnc4O3)cc2)CC1=N. The molecule has 0 spiro atoms. The first-order valence-electron chi connectivity index (χ1n) is 9.76. The molecule has 3 N–H and O–H groups in total. The van der Waals surface area contributed by atoms with Crippen LogP contribution in [0.3, 0.4) is 0 Å². The fourth-order valence-electron chi connectivity index (χ4n) is 3.54. The number of hydrogen-bond donors (Lipinski definition) is 3. The molecule has 4 rings (SSSR count). The molecular weight excluding hydrogens is 384 g/mol. The molecule has 156 valence electrons. The molecule has 1 fully saturated rings. The number of carbonyl (C=O) groups excluding carboxylic acids is 1. The molecule has 1 aromatic carbocycles. The molecule has 9 heteroatoms. The number of nitrogens with zero attached hydrogens (tertiary/aromatic N) is 3. The highest BCUT2D eigenvalue weighted by atomic mass is 16.6. The number of fused-ring (bicyclic) bond motifs is 1. The summed E-state index contributed by atoms with van der Waals surface area (Å²) in [7, 11) is 1.49. The summed E-state index contributed by atoms with van der Waals surface area (Å²) in [4.78, 5) is 19.4. The molecular formula is C21H24N6O3. The predicted molar refractivity (Wildman–Crippen MR) is 111 cm³/mol. The first-order valence-corrected chi connectivity index (χ1v) is 9.76. The van der Waals surface area contributed by atoms with E-state index in [0.717, 1.165) is 11.1 Å². The van der Waals surface area contributed by atoms with E-state index >= 15 is 0 Å². The molecule has 2 aliphatic heterocycles. The molecule has 0 bridgehead atoms. The Morgan fingerprint density at radius 3 is 2.80 bits per heavy atom. The Balaban J connectivity index is 1.34. The van der Waals surface area contributed by atoms with E-state index in [9.17, 15) is 4.79 Å². The van der Waals surface area contributed by atoms with Gasteiger partial charge in [-0.15, -0.1) is 0 Å². The second-order valence-electron chi connectivity index (χ2n) is 7.20. The highest BCUT2D eigenvalue weighted by Gasteiger charge is 2.27. The molecule has 1 aromatic heterocycles. The summed E-state index contributed by atoms with van der Waals surface area (Å²) in [6.45, 7) is 2.64. The van der Waals surface area contributed by atoms with Crippen LogP contribution in [0, 0.1) is 10.8 Å². The number of benzene rings is 1. The maximum absolute atomic E-state index is 11.6. The van der Waals surface area contributed by atoms with Crippen LogP contribution in [0.4, 0.5) is 0 Å². The third-order valence-electron chi connectivity index (χ3n) is 5.19. The topological polar surface area (TPSA) is 115 Å². The first-order chi connectivity index (χ1) is 14.5. The number of rotatable bonds is 3. The molecule has 0 radical (unpaired) electrons. The largest absolute Gasteiger partial charge is 0.484 e. The monoisotopic (exact) mass is 408 g/mol. The molecule has 1 amide bonds. The van der Waals surface area contributed by atoms with Gasteiger partial charge in [0.05, 0.1) is 6.54 Å². The second-order valence-corrected chi connectivity index (χ2v) is 7.20. The maximum Gasteiger partial charge on any atom is 0.286 e. The lowest BCUT2D eigenvalue weighted by Gasteiger charge is -2.35. The van der Waals surface area contributed by atoms with Gasteiger partial charge in [-0.3, -0.25) is 20.5 Å². The van der Waals surface area contributed by atoms with E-state index in [-0.39, 0.29) is 17.8 Å². The van der Waals surface area contributed by atoms with Crippen molar-refractivity contribution in [2.24, 2.45) is 0 Å². The molecule has 3 heterocycles. The van der Waals surface area contributed by atoms with Crippen LogP contribution in [0.5, 0.6) is 11.6 Å². The highest BCUT2D eigenvalue weighted by molar-refractivity contribution is 6.39. The Morgan fingerprint density at radius 2 is 2.07 bits per heavy atom. The minimum atomic E-state index is -0.476. The number of likely N-dealkylation sites (N-methyl/N-ethyl adjacent to an activating group) is 1. The van der Waals surface area contributed by atoms with Gasteiger partial charge < -0.3 is 19.7 Å². The first kappa shape index (κ1) is 19.8. The Bertz CT molecular complexity index is 961. The van der Waals surface area contributed by atoms with Crippen molar-refractivity contribution in [1.82, 2.24) is 20.1 Å². The molecule has 0 unspecified atom stereocenters. The van der Waals surface area contributed by atoms with Gasteiger partial charge >= 0.3 is 0 Å². The van der Waals surface area contributed by atoms with Crippen LogP contribution in [0.15, 0.2) is 42.6 Å². The lowest BCUT2D eigenvalue weighted by Crippen LogP contribution is -2.54. The molecule has 1 atom stereocenters. The van der Waals surface area contributed by atoms with Crippen molar-refractivity contribution in [3.05, 3.63) is 53.7 Å². The van der Waals surface area contributed by atoms with Crippen LogP contribution < -0.4 is 14.8 Å². The quantitative estimate of drug-likeness (QED) is 0.523. The molecule has 2 aliphatic rings. The zero-order valence-electron chi connectivity index (χ0n) is 16.7. The Kier molecular flexibility index (Phi) is 5.62. The Morgan fingerprint density at radius 1 is 1.27 bits per heavy atom. The zero-order chi connectivity index (χ0) is 21.1. The summed E-state index contributed by atoms with van der Waals surface area (Å²) in [6.07, 6.45) is 1.48. The van der Waals surface area contributed by atoms with Crippen LogP contribution in [0.25, 0.3) is 0 Å². The van der Waals surface area contributed by atoms with Gasteiger partial charge in [0.15, 0.2) is 17.7 Å². The van der Waals surface area contributed by atoms with E-state index in [1.807, 2.05) is 24.3 Å². The molecule has 0 aliphatic carbocycles. The van der Waals surface area contributed by atoms with Gasteiger partial charge in [0.25, 0.3) is 11.8 Å². The van der Waals surface area contributed by atoms with Gasteiger partial charge in [-0.1, -0.05) is 24.3 Å². The van der Waals surface area contributed by atoms with Gasteiger partial charge in [0.1, 0.15) is 12.4 Å². The molecule has 30 heavy (non-hydrogen) atoms. The smallest absolute Gasteiger partial charge is 0.286 e. The average Bonchev–Trinajstić information content (AvgIpc) is 2.78. The maximum atomic E-state index is 11.6. The second kappa shape index (κ2) is 8.50. The van der Waals surface area contributed by atoms with Crippen LogP contribution in [-0.4, -0.2) is 65.7 Å². The van der Waals surface area contributed by atoms with E-state index < -0.39 is 5.91 Å². The number of amides is 1. The Labute approximate surface area is 174 Å². The summed E-state index contributed by atoms with van der Waals surface area (Å²) >= 11 is 0. The summed E-state index contributed by atoms with van der Waals surface area (Å²) in [5, 5.41) is 18.5. The molecule has 2 aromatic rings. The average molecular weight is 408 g/mol. The molecule has 0 saturated carbocycles. The highest BCUT2D eigenvalue weighted by Crippen LogP contribution is 2.33. The van der Waals surface area contributed by atoms with Crippen molar-refractivity contribution in [1.29, 1.82) is 10.8 Å². The molecule has 1 saturated heterocycles. The summed E-state index contributed by atoms with van der Waals surface area (Å²) in [5.74, 6) is 0.770. The van der Waals surface area contributed by atoms with E-state index in [2.05, 4.69) is 27.3 Å². The summed E-state index contributed by atoms with van der Waals surface area (Å²) in [5.41, 5.74) is 2.14. The van der Waals surface area contributed by atoms with Crippen LogP contribution in [-0.2, 0) is 11.3 Å². The number of aromatic nitrogens is 1. The van der Waals surface area contributed by atoms with Crippen molar-refractivity contribution in [2.45, 2.75) is 12.6 Å². The van der Waals surface area contributed by atoms with Crippen molar-refractivity contribution in [3.63, 3.8) is 0 Å². The number of ether oxygens (including phenoxy) is 2. The number of piperazine rings is 1. The van der Waals surface area contributed by atoms with E-state index in [0.29, 0.717) is 44.4 Å². The summed E-state index contributed by atoms with van der Waals surface area (Å²) in [6, 6.07) is 11.8. The fourth-order valence-corrected chi connectivity index (χ4v) is 3.54. The lowest BCUT2D eigenvalue weighted by molar-refractivity contribution is -0.115. The number of amidine groups is 2. The zero-order valence-corrected chi connectivity index (χ0v) is 16.7. The van der Waals surface area contributed by atoms with Gasteiger partial charge in [0, 0.05) is 32.9 Å². The van der Waals surface area contributed by atoms with Crippen LogP contribution >= 0.6 is 0 Å². The van der Waals surface area contributed by atoms with Gasteiger partial charge in [0.2, 0.25) is 0 Å². The van der Waals surface area contributed by atoms with Crippen molar-refractivity contribution in [2.75, 3.05) is 33.3 Å². The van der Waals surface area contributed by atoms with Gasteiger partial charge in [-0.2, -0.15) is 0 Å². The normalized spacial score (nSPS) is 18.8. The van der Waals surface area contributed by atoms with E-state index in [1.165, 1.54) is 11.9 Å². The van der Waals surface area contributed by atoms with Crippen molar-refractivity contribution >= 4 is 17.6 Å². The number of pyridine rings is 1. The number of carbonyl (C=O) groups is 1. The molecule has 9 nitrogen and oxygen atoms in total.